The largest absolute Gasteiger partial charge is 0.455 e. The second-order valence-electron chi connectivity index (χ2n) is 7.71. The molecule has 1 fully saturated rings. The third kappa shape index (κ3) is 6.35. The maximum atomic E-state index is 13.2. The number of nitrogens with zero attached hydrogens (tertiary/aromatic N) is 3. The molecule has 1 aromatic carbocycles. The first-order valence-corrected chi connectivity index (χ1v) is 12.0. The highest BCUT2D eigenvalue weighted by molar-refractivity contribution is 7.89. The van der Waals surface area contributed by atoms with Crippen molar-refractivity contribution in [3.05, 3.63) is 54.6 Å². The molecular weight excluding hydrogens is 467 g/mol. The van der Waals surface area contributed by atoms with E-state index in [-0.39, 0.29) is 43.8 Å². The number of piperidine rings is 1. The minimum Gasteiger partial charge on any atom is -0.455 e. The van der Waals surface area contributed by atoms with E-state index in [0.717, 1.165) is 0 Å². The predicted molar refractivity (Wildman–Crippen MR) is 119 cm³/mol. The highest BCUT2D eigenvalue weighted by Gasteiger charge is 2.33. The average Bonchev–Trinajstić information content (AvgIpc) is 2.84. The van der Waals surface area contributed by atoms with Gasteiger partial charge in [0.05, 0.1) is 5.92 Å². The first-order valence-electron chi connectivity index (χ1n) is 10.6. The minimum absolute atomic E-state index is 0.0536. The van der Waals surface area contributed by atoms with E-state index in [0.29, 0.717) is 5.69 Å². The maximum Gasteiger partial charge on any atom is 0.309 e. The van der Waals surface area contributed by atoms with E-state index in [4.69, 9.17) is 10.5 Å². The first-order chi connectivity index (χ1) is 16.2. The van der Waals surface area contributed by atoms with Crippen molar-refractivity contribution in [1.82, 2.24) is 9.29 Å². The molecule has 0 radical (unpaired) electrons. The Kier molecular flexibility index (Phi) is 8.29. The molecule has 2 N–H and O–H groups in total. The number of aromatic nitrogens is 1. The van der Waals surface area contributed by atoms with Crippen molar-refractivity contribution in [3.63, 3.8) is 0 Å². The molecule has 182 valence electrons. The van der Waals surface area contributed by atoms with Crippen LogP contribution in [-0.4, -0.2) is 61.7 Å². The van der Waals surface area contributed by atoms with Crippen LogP contribution in [0.2, 0.25) is 0 Å². The Morgan fingerprint density at radius 3 is 2.41 bits per heavy atom. The van der Waals surface area contributed by atoms with Gasteiger partial charge in [-0.3, -0.25) is 19.4 Å². The standard InChI is InChI=1S/C22H25FN4O6S/c23-17-3-5-18(6-4-17)27(13-9-20(24)28)21(29)15-33-22(30)16-7-11-26(12-8-16)34(31,32)19-2-1-10-25-14-19/h1-6,10,14,16H,7-9,11-13,15H2,(H2,24,28). The smallest absolute Gasteiger partial charge is 0.309 e. The molecule has 3 rings (SSSR count). The SMILES string of the molecule is NC(=O)CCN(C(=O)COC(=O)C1CCN(S(=O)(=O)c2cccnc2)CC1)c1ccc(F)cc1. The third-order valence-electron chi connectivity index (χ3n) is 5.42. The maximum absolute atomic E-state index is 13.2. The van der Waals surface area contributed by atoms with Crippen molar-refractivity contribution in [2.45, 2.75) is 24.2 Å². The van der Waals surface area contributed by atoms with Gasteiger partial charge in [-0.1, -0.05) is 0 Å². The number of carbonyl (C=O) groups is 3. The number of nitrogens with two attached hydrogens (primary N) is 1. The van der Waals surface area contributed by atoms with Crippen LogP contribution in [0.15, 0.2) is 53.7 Å². The lowest BCUT2D eigenvalue weighted by molar-refractivity contribution is -0.153. The number of anilines is 1. The molecule has 0 unspecified atom stereocenters. The summed E-state index contributed by atoms with van der Waals surface area (Å²) in [5.74, 6) is -2.88. The number of hydrogen-bond acceptors (Lipinski definition) is 7. The fourth-order valence-corrected chi connectivity index (χ4v) is 4.98. The van der Waals surface area contributed by atoms with E-state index < -0.39 is 46.1 Å². The van der Waals surface area contributed by atoms with E-state index in [9.17, 15) is 27.2 Å². The monoisotopic (exact) mass is 492 g/mol. The van der Waals surface area contributed by atoms with Gasteiger partial charge in [-0.2, -0.15) is 4.31 Å². The summed E-state index contributed by atoms with van der Waals surface area (Å²) >= 11 is 0. The van der Waals surface area contributed by atoms with Crippen molar-refractivity contribution >= 4 is 33.5 Å². The molecule has 12 heteroatoms. The van der Waals surface area contributed by atoms with Gasteiger partial charge < -0.3 is 15.4 Å². The Bertz CT molecular complexity index is 1120. The van der Waals surface area contributed by atoms with Crippen LogP contribution in [0.5, 0.6) is 0 Å². The summed E-state index contributed by atoms with van der Waals surface area (Å²) in [5, 5.41) is 0. The Morgan fingerprint density at radius 1 is 1.15 bits per heavy atom. The molecule has 2 amide bonds. The molecule has 0 aliphatic carbocycles. The number of halogens is 1. The topological polar surface area (TPSA) is 140 Å². The van der Waals surface area contributed by atoms with Gasteiger partial charge in [0.1, 0.15) is 10.7 Å². The lowest BCUT2D eigenvalue weighted by Gasteiger charge is -2.30. The lowest BCUT2D eigenvalue weighted by atomic mass is 9.98. The van der Waals surface area contributed by atoms with Crippen molar-refractivity contribution < 1.29 is 31.9 Å². The molecule has 0 saturated carbocycles. The minimum atomic E-state index is -3.70. The Morgan fingerprint density at radius 2 is 1.82 bits per heavy atom. The van der Waals surface area contributed by atoms with Crippen molar-refractivity contribution in [2.24, 2.45) is 11.7 Å². The highest BCUT2D eigenvalue weighted by Crippen LogP contribution is 2.24. The number of ether oxygens (including phenoxy) is 1. The van der Waals surface area contributed by atoms with Crippen molar-refractivity contribution in [2.75, 3.05) is 31.1 Å². The molecule has 1 saturated heterocycles. The normalized spacial score (nSPS) is 15.0. The average molecular weight is 493 g/mol. The van der Waals surface area contributed by atoms with Crippen LogP contribution in [-0.2, 0) is 29.1 Å². The van der Waals surface area contributed by atoms with Gasteiger partial charge in [0, 0.05) is 44.1 Å². The molecule has 1 aliphatic heterocycles. The second-order valence-corrected chi connectivity index (χ2v) is 9.65. The number of primary amides is 1. The summed E-state index contributed by atoms with van der Waals surface area (Å²) in [5.41, 5.74) is 5.50. The molecule has 1 aromatic heterocycles. The van der Waals surface area contributed by atoms with Gasteiger partial charge in [0.2, 0.25) is 15.9 Å². The number of rotatable bonds is 9. The van der Waals surface area contributed by atoms with Crippen molar-refractivity contribution in [3.8, 4) is 0 Å². The van der Waals surface area contributed by atoms with Crippen LogP contribution in [0.1, 0.15) is 19.3 Å². The second kappa shape index (κ2) is 11.2. The molecule has 10 nitrogen and oxygen atoms in total. The molecule has 2 aromatic rings. The van der Waals surface area contributed by atoms with Gasteiger partial charge in [-0.15, -0.1) is 0 Å². The molecule has 34 heavy (non-hydrogen) atoms. The van der Waals surface area contributed by atoms with Crippen LogP contribution in [0.3, 0.4) is 0 Å². The summed E-state index contributed by atoms with van der Waals surface area (Å²) in [6, 6.07) is 8.06. The molecule has 0 bridgehead atoms. The zero-order valence-electron chi connectivity index (χ0n) is 18.3. The zero-order chi connectivity index (χ0) is 24.7. The Hall–Kier alpha value is -3.38. The molecule has 1 aliphatic rings. The number of amides is 2. The number of pyridine rings is 1. The lowest BCUT2D eigenvalue weighted by Crippen LogP contribution is -2.41. The van der Waals surface area contributed by atoms with Gasteiger partial charge in [0.25, 0.3) is 5.91 Å². The van der Waals surface area contributed by atoms with Crippen LogP contribution in [0.4, 0.5) is 10.1 Å². The van der Waals surface area contributed by atoms with Crippen LogP contribution in [0, 0.1) is 11.7 Å². The van der Waals surface area contributed by atoms with Crippen LogP contribution < -0.4 is 10.6 Å². The van der Waals surface area contributed by atoms with Crippen LogP contribution in [0.25, 0.3) is 0 Å². The Labute approximate surface area is 196 Å². The fourth-order valence-electron chi connectivity index (χ4n) is 3.55. The highest BCUT2D eigenvalue weighted by atomic mass is 32.2. The molecular formula is C22H25FN4O6S. The third-order valence-corrected chi connectivity index (χ3v) is 7.30. The van der Waals surface area contributed by atoms with Crippen molar-refractivity contribution in [1.29, 1.82) is 0 Å². The molecule has 0 spiro atoms. The number of benzene rings is 1. The van der Waals surface area contributed by atoms with Gasteiger partial charge in [-0.05, 0) is 49.2 Å². The molecule has 2 heterocycles. The quantitative estimate of drug-likeness (QED) is 0.517. The van der Waals surface area contributed by atoms with E-state index in [2.05, 4.69) is 4.98 Å². The van der Waals surface area contributed by atoms with E-state index in [1.54, 1.807) is 0 Å². The number of esters is 1. The fraction of sp³-hybridized carbons (Fsp3) is 0.364. The number of hydrogen-bond donors (Lipinski definition) is 1. The summed E-state index contributed by atoms with van der Waals surface area (Å²) in [7, 11) is -3.70. The van der Waals surface area contributed by atoms with E-state index in [1.165, 1.54) is 58.0 Å². The zero-order valence-corrected chi connectivity index (χ0v) is 19.1. The molecule has 0 atom stereocenters. The van der Waals surface area contributed by atoms with Gasteiger partial charge in [0.15, 0.2) is 6.61 Å². The Balaban J connectivity index is 1.55. The number of sulfonamides is 1. The number of carbonyl (C=O) groups excluding carboxylic acids is 3. The predicted octanol–water partition coefficient (Wildman–Crippen LogP) is 1.07. The summed E-state index contributed by atoms with van der Waals surface area (Å²) < 4.78 is 45.1. The first kappa shape index (κ1) is 25.2. The van der Waals surface area contributed by atoms with E-state index in [1.807, 2.05) is 0 Å². The summed E-state index contributed by atoms with van der Waals surface area (Å²) in [6.45, 7) is -0.373. The van der Waals surface area contributed by atoms with E-state index >= 15 is 0 Å². The summed E-state index contributed by atoms with van der Waals surface area (Å²) in [4.78, 5) is 41.5. The van der Waals surface area contributed by atoms with Gasteiger partial charge in [-0.25, -0.2) is 12.8 Å². The van der Waals surface area contributed by atoms with Gasteiger partial charge >= 0.3 is 5.97 Å². The summed E-state index contributed by atoms with van der Waals surface area (Å²) in [6.07, 6.45) is 3.12. The van der Waals surface area contributed by atoms with Crippen LogP contribution >= 0.6 is 0 Å².